The SMILES string of the molecule is O=C(CCCOCCOCCCCCCCl)OCCOC/C=C\COC1CCCCO1. The average Bonchev–Trinajstić information content (AvgIpc) is 2.79. The summed E-state index contributed by atoms with van der Waals surface area (Å²) in [5.74, 6) is 0.512. The molecule has 1 heterocycles. The molecular weight excluding hydrogens is 424 g/mol. The van der Waals surface area contributed by atoms with Crippen molar-refractivity contribution in [1.82, 2.24) is 0 Å². The molecule has 1 rings (SSSR count). The Morgan fingerprint density at radius 3 is 2.35 bits per heavy atom. The van der Waals surface area contributed by atoms with Crippen molar-refractivity contribution in [3.05, 3.63) is 12.2 Å². The van der Waals surface area contributed by atoms with Gasteiger partial charge in [-0.2, -0.15) is 0 Å². The van der Waals surface area contributed by atoms with Gasteiger partial charge in [-0.15, -0.1) is 11.6 Å². The number of hydrogen-bond acceptors (Lipinski definition) is 7. The number of carbonyl (C=O) groups is 1. The van der Waals surface area contributed by atoms with E-state index in [2.05, 4.69) is 0 Å². The van der Waals surface area contributed by atoms with Crippen LogP contribution in [-0.2, 0) is 33.2 Å². The quantitative estimate of drug-likeness (QED) is 0.109. The van der Waals surface area contributed by atoms with E-state index in [1.54, 1.807) is 0 Å². The summed E-state index contributed by atoms with van der Waals surface area (Å²) < 4.78 is 32.5. The van der Waals surface area contributed by atoms with E-state index in [9.17, 15) is 4.79 Å². The van der Waals surface area contributed by atoms with E-state index < -0.39 is 0 Å². The van der Waals surface area contributed by atoms with Crippen LogP contribution in [0.3, 0.4) is 0 Å². The van der Waals surface area contributed by atoms with Crippen LogP contribution in [0.15, 0.2) is 12.2 Å². The molecule has 0 aromatic rings. The van der Waals surface area contributed by atoms with Crippen LogP contribution >= 0.6 is 11.6 Å². The Kier molecular flexibility index (Phi) is 20.6. The molecule has 1 atom stereocenters. The summed E-state index contributed by atoms with van der Waals surface area (Å²) in [5, 5.41) is 0. The predicted octanol–water partition coefficient (Wildman–Crippen LogP) is 4.26. The van der Waals surface area contributed by atoms with Crippen molar-refractivity contribution >= 4 is 17.6 Å². The molecule has 0 aromatic carbocycles. The van der Waals surface area contributed by atoms with Gasteiger partial charge in [0, 0.05) is 32.1 Å². The highest BCUT2D eigenvalue weighted by atomic mass is 35.5. The maximum absolute atomic E-state index is 11.6. The van der Waals surface area contributed by atoms with Gasteiger partial charge in [-0.25, -0.2) is 0 Å². The van der Waals surface area contributed by atoms with Crippen molar-refractivity contribution in [3.63, 3.8) is 0 Å². The van der Waals surface area contributed by atoms with E-state index in [4.69, 9.17) is 40.0 Å². The third kappa shape index (κ3) is 19.7. The Labute approximate surface area is 192 Å². The number of unbranched alkanes of at least 4 members (excludes halogenated alkanes) is 3. The lowest BCUT2D eigenvalue weighted by atomic mass is 10.2. The summed E-state index contributed by atoms with van der Waals surface area (Å²) >= 11 is 5.63. The second kappa shape index (κ2) is 22.5. The fraction of sp³-hybridized carbons (Fsp3) is 0.870. The van der Waals surface area contributed by atoms with Crippen molar-refractivity contribution in [1.29, 1.82) is 0 Å². The van der Waals surface area contributed by atoms with Gasteiger partial charge in [-0.1, -0.05) is 25.0 Å². The van der Waals surface area contributed by atoms with Crippen LogP contribution in [0.4, 0.5) is 0 Å². The van der Waals surface area contributed by atoms with Gasteiger partial charge in [0.2, 0.25) is 0 Å². The average molecular weight is 465 g/mol. The summed E-state index contributed by atoms with van der Waals surface area (Å²) in [6.45, 7) is 4.85. The van der Waals surface area contributed by atoms with Crippen molar-refractivity contribution in [3.8, 4) is 0 Å². The van der Waals surface area contributed by atoms with Crippen LogP contribution in [0.1, 0.15) is 57.8 Å². The Morgan fingerprint density at radius 2 is 1.58 bits per heavy atom. The third-order valence-corrected chi connectivity index (χ3v) is 4.87. The minimum absolute atomic E-state index is 0.0704. The van der Waals surface area contributed by atoms with Gasteiger partial charge < -0.3 is 28.4 Å². The standard InChI is InChI=1S/C23H41ClO7/c24-12-4-1-2-5-13-26-18-19-28-15-9-10-22(25)29-21-20-27-14-7-8-17-31-23-11-3-6-16-30-23/h7-8,23H,1-6,9-21H2/b8-7-. The fourth-order valence-corrected chi connectivity index (χ4v) is 3.06. The highest BCUT2D eigenvalue weighted by Crippen LogP contribution is 2.13. The molecule has 182 valence electrons. The van der Waals surface area contributed by atoms with Gasteiger partial charge in [-0.3, -0.25) is 4.79 Å². The van der Waals surface area contributed by atoms with Crippen LogP contribution in [0.25, 0.3) is 0 Å². The molecule has 0 spiro atoms. The summed E-state index contributed by atoms with van der Waals surface area (Å²) in [6.07, 6.45) is 12.4. The van der Waals surface area contributed by atoms with E-state index >= 15 is 0 Å². The molecule has 8 heteroatoms. The molecular formula is C23H41ClO7. The Bertz CT molecular complexity index is 428. The predicted molar refractivity (Wildman–Crippen MR) is 121 cm³/mol. The first-order valence-electron chi connectivity index (χ1n) is 11.7. The van der Waals surface area contributed by atoms with Crippen molar-refractivity contribution < 1.29 is 33.2 Å². The molecule has 0 radical (unpaired) electrons. The number of halogens is 1. The van der Waals surface area contributed by atoms with Gasteiger partial charge in [0.15, 0.2) is 6.29 Å². The molecule has 0 bridgehead atoms. The second-order valence-electron chi connectivity index (χ2n) is 7.33. The zero-order valence-corrected chi connectivity index (χ0v) is 19.7. The molecule has 31 heavy (non-hydrogen) atoms. The number of ether oxygens (including phenoxy) is 6. The summed E-state index contributed by atoms with van der Waals surface area (Å²) in [5.41, 5.74) is 0. The molecule has 7 nitrogen and oxygen atoms in total. The summed E-state index contributed by atoms with van der Waals surface area (Å²) in [7, 11) is 0. The van der Waals surface area contributed by atoms with Crippen LogP contribution in [0.2, 0.25) is 0 Å². The Balaban J connectivity index is 1.75. The molecule has 0 saturated carbocycles. The van der Waals surface area contributed by atoms with Crippen molar-refractivity contribution in [2.24, 2.45) is 0 Å². The minimum atomic E-state index is -0.225. The molecule has 0 aliphatic carbocycles. The maximum atomic E-state index is 11.6. The largest absolute Gasteiger partial charge is 0.463 e. The highest BCUT2D eigenvalue weighted by Gasteiger charge is 2.12. The van der Waals surface area contributed by atoms with E-state index in [1.165, 1.54) is 0 Å². The molecule has 0 N–H and O–H groups in total. The molecule has 0 amide bonds. The van der Waals surface area contributed by atoms with E-state index in [0.717, 1.165) is 64.0 Å². The minimum Gasteiger partial charge on any atom is -0.463 e. The van der Waals surface area contributed by atoms with E-state index in [-0.39, 0.29) is 18.9 Å². The number of rotatable bonds is 21. The van der Waals surface area contributed by atoms with Gasteiger partial charge in [0.05, 0.1) is 33.0 Å². The number of alkyl halides is 1. The first-order chi connectivity index (χ1) is 15.3. The smallest absolute Gasteiger partial charge is 0.305 e. The van der Waals surface area contributed by atoms with E-state index in [0.29, 0.717) is 52.5 Å². The first-order valence-corrected chi connectivity index (χ1v) is 12.2. The van der Waals surface area contributed by atoms with Crippen LogP contribution < -0.4 is 0 Å². The summed E-state index contributed by atoms with van der Waals surface area (Å²) in [4.78, 5) is 11.6. The van der Waals surface area contributed by atoms with Crippen molar-refractivity contribution in [2.45, 2.75) is 64.1 Å². The lowest BCUT2D eigenvalue weighted by Gasteiger charge is -2.21. The van der Waals surface area contributed by atoms with E-state index in [1.807, 2.05) is 12.2 Å². The molecule has 1 saturated heterocycles. The lowest BCUT2D eigenvalue weighted by Crippen LogP contribution is -2.22. The second-order valence-corrected chi connectivity index (χ2v) is 7.71. The zero-order valence-electron chi connectivity index (χ0n) is 18.9. The maximum Gasteiger partial charge on any atom is 0.305 e. The molecule has 0 aromatic heterocycles. The monoisotopic (exact) mass is 464 g/mol. The van der Waals surface area contributed by atoms with Crippen LogP contribution in [-0.4, -0.2) is 77.6 Å². The molecule has 1 aliphatic heterocycles. The number of esters is 1. The molecule has 1 aliphatic rings. The van der Waals surface area contributed by atoms with Crippen LogP contribution in [0, 0.1) is 0 Å². The molecule has 1 fully saturated rings. The topological polar surface area (TPSA) is 72.5 Å². The van der Waals surface area contributed by atoms with Gasteiger partial charge >= 0.3 is 5.97 Å². The number of hydrogen-bond donors (Lipinski definition) is 0. The lowest BCUT2D eigenvalue weighted by molar-refractivity contribution is -0.155. The van der Waals surface area contributed by atoms with Gasteiger partial charge in [0.25, 0.3) is 0 Å². The summed E-state index contributed by atoms with van der Waals surface area (Å²) in [6, 6.07) is 0. The fourth-order valence-electron chi connectivity index (χ4n) is 2.87. The van der Waals surface area contributed by atoms with Gasteiger partial charge in [-0.05, 0) is 38.5 Å². The first kappa shape index (κ1) is 28.3. The van der Waals surface area contributed by atoms with Crippen molar-refractivity contribution in [2.75, 3.05) is 65.3 Å². The number of carbonyl (C=O) groups excluding carboxylic acids is 1. The normalized spacial score (nSPS) is 16.7. The zero-order chi connectivity index (χ0) is 22.2. The third-order valence-electron chi connectivity index (χ3n) is 4.60. The highest BCUT2D eigenvalue weighted by molar-refractivity contribution is 6.17. The van der Waals surface area contributed by atoms with Crippen LogP contribution in [0.5, 0.6) is 0 Å². The van der Waals surface area contributed by atoms with Gasteiger partial charge in [0.1, 0.15) is 6.61 Å². The molecule has 1 unspecified atom stereocenters. The Morgan fingerprint density at radius 1 is 0.839 bits per heavy atom. The Hall–Kier alpha value is -0.700.